The molecule has 0 aliphatic rings. The molecule has 0 fully saturated rings. The molecule has 1 aromatic carbocycles. The van der Waals surface area contributed by atoms with E-state index in [4.69, 9.17) is 5.73 Å². The van der Waals surface area contributed by atoms with Crippen LogP contribution in [0.1, 0.15) is 26.3 Å². The maximum Gasteiger partial charge on any atom is 0.0913 e. The van der Waals surface area contributed by atoms with E-state index in [1.54, 1.807) is 0 Å². The molecule has 21 heavy (non-hydrogen) atoms. The summed E-state index contributed by atoms with van der Waals surface area (Å²) in [6.07, 6.45) is 0. The van der Waals surface area contributed by atoms with Gasteiger partial charge in [-0.1, -0.05) is 6.07 Å². The number of hydrogen-bond donors (Lipinski definition) is 3. The first-order valence-electron chi connectivity index (χ1n) is 7.72. The Morgan fingerprint density at radius 3 is 2.19 bits per heavy atom. The third kappa shape index (κ3) is 5.73. The fraction of sp³-hybridized carbons (Fsp3) is 0.625. The van der Waals surface area contributed by atoms with Crippen molar-refractivity contribution in [1.29, 1.82) is 0 Å². The van der Waals surface area contributed by atoms with Crippen LogP contribution < -0.4 is 28.8 Å². The van der Waals surface area contributed by atoms with Gasteiger partial charge in [0.25, 0.3) is 0 Å². The maximum absolute atomic E-state index is 5.98. The van der Waals surface area contributed by atoms with Gasteiger partial charge in [-0.3, -0.25) is 0 Å². The van der Waals surface area contributed by atoms with E-state index in [-0.39, 0.29) is 12.4 Å². The highest BCUT2D eigenvalue weighted by atomic mass is 35.5. The molecule has 1 aromatic rings. The molecule has 0 heterocycles. The molecule has 122 valence electrons. The highest BCUT2D eigenvalue weighted by Gasteiger charge is 2.19. The molecule has 0 bridgehead atoms. The number of nitrogen functional groups attached to an aromatic ring is 1. The summed E-state index contributed by atoms with van der Waals surface area (Å²) in [5.41, 5.74) is 9.02. The second kappa shape index (κ2) is 9.87. The van der Waals surface area contributed by atoms with Gasteiger partial charge in [0.05, 0.1) is 37.6 Å². The molecular formula is C16H31ClN4. The minimum absolute atomic E-state index is 0. The van der Waals surface area contributed by atoms with Gasteiger partial charge in [0.2, 0.25) is 0 Å². The van der Waals surface area contributed by atoms with Crippen LogP contribution in [0.25, 0.3) is 0 Å². The molecule has 0 radical (unpaired) electrons. The third-order valence-corrected chi connectivity index (χ3v) is 4.49. The number of nitrogens with one attached hydrogen (secondary N) is 2. The second-order valence-corrected chi connectivity index (χ2v) is 5.36. The van der Waals surface area contributed by atoms with Gasteiger partial charge in [0.1, 0.15) is 0 Å². The lowest BCUT2D eigenvalue weighted by atomic mass is 10.1. The predicted octanol–water partition coefficient (Wildman–Crippen LogP) is -0.719. The number of nitrogens with two attached hydrogens (primary N) is 1. The largest absolute Gasteiger partial charge is 1.00 e. The Morgan fingerprint density at radius 1 is 1.10 bits per heavy atom. The van der Waals surface area contributed by atoms with Crippen molar-refractivity contribution in [2.75, 3.05) is 50.8 Å². The molecule has 0 unspecified atom stereocenters. The Morgan fingerprint density at radius 2 is 1.71 bits per heavy atom. The van der Waals surface area contributed by atoms with Crippen molar-refractivity contribution in [2.45, 2.75) is 27.3 Å². The number of rotatable bonds is 9. The van der Waals surface area contributed by atoms with E-state index in [0.717, 1.165) is 24.5 Å². The summed E-state index contributed by atoms with van der Waals surface area (Å²) in [6.45, 7) is 13.6. The topological polar surface area (TPSA) is 50.1 Å². The van der Waals surface area contributed by atoms with Crippen LogP contribution in [-0.2, 0) is 6.54 Å². The molecule has 0 atom stereocenters. The van der Waals surface area contributed by atoms with Crippen LogP contribution in [0.2, 0.25) is 0 Å². The van der Waals surface area contributed by atoms with Gasteiger partial charge in [0.15, 0.2) is 0 Å². The van der Waals surface area contributed by atoms with Gasteiger partial charge in [-0.2, -0.15) is 0 Å². The number of benzene rings is 1. The van der Waals surface area contributed by atoms with Crippen molar-refractivity contribution in [3.05, 3.63) is 23.8 Å². The lowest BCUT2D eigenvalue weighted by Crippen LogP contribution is -3.00. The van der Waals surface area contributed by atoms with Crippen LogP contribution in [0, 0.1) is 0 Å². The Labute approximate surface area is 136 Å². The standard InChI is InChI=1S/C16H31N4.ClH/c1-5-20(6-2,7-3)11-10-19-13-14-8-9-16(18-4)15(17)12-14;/h8-9,12,18-19H,5-7,10-11,13,17H2,1-4H3;1H/q+1;/p-1. The van der Waals surface area contributed by atoms with E-state index in [0.29, 0.717) is 0 Å². The maximum atomic E-state index is 5.98. The summed E-state index contributed by atoms with van der Waals surface area (Å²) in [4.78, 5) is 0. The summed E-state index contributed by atoms with van der Waals surface area (Å²) in [5, 5.41) is 6.62. The van der Waals surface area contributed by atoms with E-state index in [2.05, 4.69) is 37.5 Å². The van der Waals surface area contributed by atoms with Crippen molar-refractivity contribution in [3.63, 3.8) is 0 Å². The summed E-state index contributed by atoms with van der Waals surface area (Å²) in [6, 6.07) is 6.20. The van der Waals surface area contributed by atoms with Gasteiger partial charge in [-0.15, -0.1) is 0 Å². The summed E-state index contributed by atoms with van der Waals surface area (Å²) in [5.74, 6) is 0. The molecule has 4 nitrogen and oxygen atoms in total. The van der Waals surface area contributed by atoms with E-state index < -0.39 is 0 Å². The number of nitrogens with zero attached hydrogens (tertiary/aromatic N) is 1. The molecule has 0 spiro atoms. The first-order valence-corrected chi connectivity index (χ1v) is 7.72. The number of anilines is 2. The molecule has 4 N–H and O–H groups in total. The van der Waals surface area contributed by atoms with Crippen molar-refractivity contribution >= 4 is 11.4 Å². The number of likely N-dealkylation sites (N-methyl/N-ethyl adjacent to an activating group) is 1. The van der Waals surface area contributed by atoms with Crippen molar-refractivity contribution in [3.8, 4) is 0 Å². The zero-order valence-electron chi connectivity index (χ0n) is 13.9. The van der Waals surface area contributed by atoms with Crippen molar-refractivity contribution in [1.82, 2.24) is 5.32 Å². The lowest BCUT2D eigenvalue weighted by Gasteiger charge is -2.35. The van der Waals surface area contributed by atoms with Gasteiger partial charge < -0.3 is 33.3 Å². The normalized spacial score (nSPS) is 11.0. The lowest BCUT2D eigenvalue weighted by molar-refractivity contribution is -0.922. The number of hydrogen-bond acceptors (Lipinski definition) is 3. The average molecular weight is 315 g/mol. The molecule has 0 aliphatic heterocycles. The van der Waals surface area contributed by atoms with Crippen LogP contribution in [0.4, 0.5) is 11.4 Å². The fourth-order valence-electron chi connectivity index (χ4n) is 2.64. The van der Waals surface area contributed by atoms with Gasteiger partial charge in [-0.05, 0) is 38.5 Å². The third-order valence-electron chi connectivity index (χ3n) is 4.49. The Hall–Kier alpha value is -0.970. The molecule has 0 aliphatic carbocycles. The highest BCUT2D eigenvalue weighted by molar-refractivity contribution is 5.66. The minimum Gasteiger partial charge on any atom is -1.00 e. The summed E-state index contributed by atoms with van der Waals surface area (Å²) < 4.78 is 1.19. The number of halogens is 1. The average Bonchev–Trinajstić information content (AvgIpc) is 2.48. The molecular weight excluding hydrogens is 284 g/mol. The summed E-state index contributed by atoms with van der Waals surface area (Å²) >= 11 is 0. The first-order chi connectivity index (χ1) is 9.60. The van der Waals surface area contributed by atoms with E-state index in [1.165, 1.54) is 36.2 Å². The zero-order valence-corrected chi connectivity index (χ0v) is 14.6. The SMILES string of the molecule is CC[N+](CC)(CC)CCNCc1ccc(NC)c(N)c1.[Cl-]. The Bertz CT molecular complexity index is 397. The fourth-order valence-corrected chi connectivity index (χ4v) is 2.64. The quantitative estimate of drug-likeness (QED) is 0.320. The van der Waals surface area contributed by atoms with Crippen molar-refractivity contribution in [2.24, 2.45) is 0 Å². The molecule has 0 aromatic heterocycles. The van der Waals surface area contributed by atoms with Gasteiger partial charge in [0, 0.05) is 20.1 Å². The van der Waals surface area contributed by atoms with Crippen LogP contribution in [0.3, 0.4) is 0 Å². The van der Waals surface area contributed by atoms with Crippen LogP contribution in [0.15, 0.2) is 18.2 Å². The van der Waals surface area contributed by atoms with Crippen LogP contribution >= 0.6 is 0 Å². The Kier molecular flexibility index (Phi) is 9.42. The molecule has 0 amide bonds. The molecule has 0 saturated heterocycles. The minimum atomic E-state index is 0. The smallest absolute Gasteiger partial charge is 0.0913 e. The summed E-state index contributed by atoms with van der Waals surface area (Å²) in [7, 11) is 1.89. The zero-order chi connectivity index (χ0) is 15.0. The predicted molar refractivity (Wildman–Crippen MR) is 88.9 cm³/mol. The van der Waals surface area contributed by atoms with E-state index in [9.17, 15) is 0 Å². The second-order valence-electron chi connectivity index (χ2n) is 5.36. The van der Waals surface area contributed by atoms with Gasteiger partial charge >= 0.3 is 0 Å². The molecule has 5 heteroatoms. The number of quaternary nitrogens is 1. The van der Waals surface area contributed by atoms with E-state index in [1.807, 2.05) is 19.2 Å². The van der Waals surface area contributed by atoms with Crippen molar-refractivity contribution < 1.29 is 16.9 Å². The Balaban J connectivity index is 0.00000400. The van der Waals surface area contributed by atoms with Crippen LogP contribution in [0.5, 0.6) is 0 Å². The van der Waals surface area contributed by atoms with Crippen LogP contribution in [-0.4, -0.2) is 44.3 Å². The molecule has 1 rings (SSSR count). The highest BCUT2D eigenvalue weighted by Crippen LogP contribution is 2.18. The monoisotopic (exact) mass is 314 g/mol. The first kappa shape index (κ1) is 20.0. The van der Waals surface area contributed by atoms with E-state index >= 15 is 0 Å². The van der Waals surface area contributed by atoms with Gasteiger partial charge in [-0.25, -0.2) is 0 Å². The molecule has 0 saturated carbocycles.